The van der Waals surface area contributed by atoms with Crippen LogP contribution in [0.15, 0.2) is 5.10 Å². The van der Waals surface area contributed by atoms with Crippen LogP contribution in [-0.2, 0) is 4.79 Å². The van der Waals surface area contributed by atoms with Gasteiger partial charge in [-0.3, -0.25) is 9.69 Å². The lowest BCUT2D eigenvalue weighted by Gasteiger charge is -2.29. The van der Waals surface area contributed by atoms with E-state index in [9.17, 15) is 9.59 Å². The standard InChI is InChI=1S/C12H22N4O2S/c1-7-8(2)9(17)16-12(3,4)19-11(14-16)15(6)10(18)13-5/h8H,7H2,1-6H3,(H,13,18). The van der Waals surface area contributed by atoms with Crippen LogP contribution in [0.3, 0.4) is 0 Å². The third-order valence-corrected chi connectivity index (χ3v) is 4.30. The highest BCUT2D eigenvalue weighted by Gasteiger charge is 2.42. The summed E-state index contributed by atoms with van der Waals surface area (Å²) in [5.41, 5.74) is 0. The summed E-state index contributed by atoms with van der Waals surface area (Å²) in [6, 6.07) is -0.250. The molecule has 0 saturated heterocycles. The summed E-state index contributed by atoms with van der Waals surface area (Å²) in [6.07, 6.45) is 0.770. The third-order valence-electron chi connectivity index (χ3n) is 3.08. The second-order valence-corrected chi connectivity index (χ2v) is 6.57. The Bertz CT molecular complexity index is 409. The maximum absolute atomic E-state index is 12.3. The van der Waals surface area contributed by atoms with Gasteiger partial charge in [-0.15, -0.1) is 5.10 Å². The number of hydrogen-bond donors (Lipinski definition) is 1. The Morgan fingerprint density at radius 2 is 2.11 bits per heavy atom. The Labute approximate surface area is 118 Å². The SMILES string of the molecule is CCC(C)C(=O)N1N=C(N(C)C(=O)NC)SC1(C)C. The minimum absolute atomic E-state index is 0.0136. The third kappa shape index (κ3) is 3.20. The van der Waals surface area contributed by atoms with E-state index in [2.05, 4.69) is 10.4 Å². The molecule has 0 radical (unpaired) electrons. The van der Waals surface area contributed by atoms with Crippen molar-refractivity contribution in [1.29, 1.82) is 0 Å². The second-order valence-electron chi connectivity index (χ2n) is 5.00. The summed E-state index contributed by atoms with van der Waals surface area (Å²) in [6.45, 7) is 7.71. The van der Waals surface area contributed by atoms with E-state index in [4.69, 9.17) is 0 Å². The van der Waals surface area contributed by atoms with Crippen molar-refractivity contribution >= 4 is 28.9 Å². The minimum Gasteiger partial charge on any atom is -0.341 e. The molecule has 108 valence electrons. The number of urea groups is 1. The van der Waals surface area contributed by atoms with E-state index < -0.39 is 4.87 Å². The number of thioether (sulfide) groups is 1. The van der Waals surface area contributed by atoms with Crippen LogP contribution in [0.1, 0.15) is 34.1 Å². The Hall–Kier alpha value is -1.24. The van der Waals surface area contributed by atoms with Gasteiger partial charge in [0.25, 0.3) is 0 Å². The molecule has 7 heteroatoms. The van der Waals surface area contributed by atoms with E-state index in [1.54, 1.807) is 14.1 Å². The Morgan fingerprint density at radius 3 is 2.58 bits per heavy atom. The molecule has 6 nitrogen and oxygen atoms in total. The van der Waals surface area contributed by atoms with Gasteiger partial charge < -0.3 is 5.32 Å². The van der Waals surface area contributed by atoms with Crippen molar-refractivity contribution in [2.75, 3.05) is 14.1 Å². The van der Waals surface area contributed by atoms with Gasteiger partial charge in [-0.05, 0) is 20.3 Å². The molecule has 0 aromatic carbocycles. The molecule has 1 rings (SSSR count). The predicted octanol–water partition coefficient (Wildman–Crippen LogP) is 1.89. The molecule has 0 bridgehead atoms. The average Bonchev–Trinajstić information content (AvgIpc) is 2.70. The van der Waals surface area contributed by atoms with E-state index >= 15 is 0 Å². The first-order chi connectivity index (χ1) is 8.74. The molecular formula is C12H22N4O2S. The van der Waals surface area contributed by atoms with E-state index in [0.29, 0.717) is 5.17 Å². The molecule has 0 saturated carbocycles. The molecule has 1 unspecified atom stereocenters. The summed E-state index contributed by atoms with van der Waals surface area (Å²) in [7, 11) is 3.20. The number of hydrogen-bond acceptors (Lipinski definition) is 4. The molecule has 0 aliphatic carbocycles. The van der Waals surface area contributed by atoms with Crippen LogP contribution in [0.25, 0.3) is 0 Å². The average molecular weight is 286 g/mol. The number of carbonyl (C=O) groups is 2. The van der Waals surface area contributed by atoms with E-state index in [1.165, 1.54) is 21.7 Å². The molecule has 1 heterocycles. The van der Waals surface area contributed by atoms with Gasteiger partial charge in [-0.1, -0.05) is 25.6 Å². The Kier molecular flexibility index (Phi) is 4.84. The van der Waals surface area contributed by atoms with Gasteiger partial charge in [0.15, 0.2) is 5.17 Å². The number of nitrogens with zero attached hydrogens (tertiary/aromatic N) is 3. The number of amides is 3. The molecule has 19 heavy (non-hydrogen) atoms. The zero-order chi connectivity index (χ0) is 14.8. The largest absolute Gasteiger partial charge is 0.341 e. The minimum atomic E-state index is -0.474. The highest BCUT2D eigenvalue weighted by atomic mass is 32.2. The lowest BCUT2D eigenvalue weighted by atomic mass is 10.1. The molecule has 1 aliphatic rings. The lowest BCUT2D eigenvalue weighted by Crippen LogP contribution is -2.41. The molecule has 0 spiro atoms. The van der Waals surface area contributed by atoms with Crippen LogP contribution < -0.4 is 5.32 Å². The number of carbonyl (C=O) groups excluding carboxylic acids is 2. The summed E-state index contributed by atoms with van der Waals surface area (Å²) in [4.78, 5) is 24.8. The van der Waals surface area contributed by atoms with Crippen molar-refractivity contribution in [3.63, 3.8) is 0 Å². The van der Waals surface area contributed by atoms with Gasteiger partial charge in [-0.25, -0.2) is 9.80 Å². The molecule has 0 aromatic rings. The molecular weight excluding hydrogens is 264 g/mol. The highest BCUT2D eigenvalue weighted by molar-refractivity contribution is 8.15. The van der Waals surface area contributed by atoms with Crippen molar-refractivity contribution in [3.8, 4) is 0 Å². The van der Waals surface area contributed by atoms with Gasteiger partial charge in [0.1, 0.15) is 4.87 Å². The lowest BCUT2D eigenvalue weighted by molar-refractivity contribution is -0.137. The monoisotopic (exact) mass is 286 g/mol. The number of nitrogens with one attached hydrogen (secondary N) is 1. The molecule has 0 fully saturated rings. The van der Waals surface area contributed by atoms with E-state index in [-0.39, 0.29) is 17.9 Å². The quantitative estimate of drug-likeness (QED) is 0.843. The number of amidine groups is 1. The van der Waals surface area contributed by atoms with Crippen molar-refractivity contribution < 1.29 is 9.59 Å². The van der Waals surface area contributed by atoms with Gasteiger partial charge in [0.2, 0.25) is 5.91 Å². The number of rotatable bonds is 2. The van der Waals surface area contributed by atoms with Crippen LogP contribution >= 0.6 is 11.8 Å². The zero-order valence-corrected chi connectivity index (χ0v) is 13.2. The summed E-state index contributed by atoms with van der Waals surface area (Å²) in [5, 5.41) is 8.86. The van der Waals surface area contributed by atoms with Gasteiger partial charge in [0.05, 0.1) is 0 Å². The van der Waals surface area contributed by atoms with Crippen molar-refractivity contribution in [2.45, 2.75) is 39.0 Å². The smallest absolute Gasteiger partial charge is 0.322 e. The van der Waals surface area contributed by atoms with Crippen molar-refractivity contribution in [1.82, 2.24) is 15.2 Å². The summed E-state index contributed by atoms with van der Waals surface area (Å²) < 4.78 is 0. The highest BCUT2D eigenvalue weighted by Crippen LogP contribution is 2.38. The van der Waals surface area contributed by atoms with E-state index in [1.807, 2.05) is 27.7 Å². The van der Waals surface area contributed by atoms with Gasteiger partial charge in [-0.2, -0.15) is 0 Å². The fraction of sp³-hybridized carbons (Fsp3) is 0.750. The summed E-state index contributed by atoms with van der Waals surface area (Å²) in [5.74, 6) is -0.0893. The van der Waals surface area contributed by atoms with Crippen molar-refractivity contribution in [2.24, 2.45) is 11.0 Å². The van der Waals surface area contributed by atoms with Crippen LogP contribution in [0.4, 0.5) is 4.79 Å². The fourth-order valence-electron chi connectivity index (χ4n) is 1.58. The van der Waals surface area contributed by atoms with Gasteiger partial charge in [0, 0.05) is 20.0 Å². The van der Waals surface area contributed by atoms with Crippen LogP contribution in [0, 0.1) is 5.92 Å². The molecule has 1 N–H and O–H groups in total. The molecule has 1 aliphatic heterocycles. The van der Waals surface area contributed by atoms with E-state index in [0.717, 1.165) is 6.42 Å². The summed E-state index contributed by atoms with van der Waals surface area (Å²) >= 11 is 1.40. The zero-order valence-electron chi connectivity index (χ0n) is 12.4. The number of hydrazone groups is 1. The fourth-order valence-corrected chi connectivity index (χ4v) is 2.59. The van der Waals surface area contributed by atoms with Gasteiger partial charge >= 0.3 is 6.03 Å². The molecule has 1 atom stereocenters. The first-order valence-corrected chi connectivity index (χ1v) is 7.13. The maximum atomic E-state index is 12.3. The Morgan fingerprint density at radius 1 is 1.53 bits per heavy atom. The first kappa shape index (κ1) is 15.8. The molecule has 0 aromatic heterocycles. The normalized spacial score (nSPS) is 18.8. The topological polar surface area (TPSA) is 65.0 Å². The van der Waals surface area contributed by atoms with Crippen LogP contribution in [-0.4, -0.2) is 46.0 Å². The first-order valence-electron chi connectivity index (χ1n) is 6.31. The van der Waals surface area contributed by atoms with Crippen LogP contribution in [0.5, 0.6) is 0 Å². The molecule has 3 amide bonds. The Balaban J connectivity index is 2.96. The van der Waals surface area contributed by atoms with Crippen molar-refractivity contribution in [3.05, 3.63) is 0 Å². The maximum Gasteiger partial charge on any atom is 0.322 e. The van der Waals surface area contributed by atoms with Crippen LogP contribution in [0.2, 0.25) is 0 Å². The predicted molar refractivity (Wildman–Crippen MR) is 77.6 cm³/mol. The second kappa shape index (κ2) is 5.81.